The zero-order valence-electron chi connectivity index (χ0n) is 13.4. The summed E-state index contributed by atoms with van der Waals surface area (Å²) in [6.07, 6.45) is 0. The molecule has 0 radical (unpaired) electrons. The molecule has 1 unspecified atom stereocenters. The van der Waals surface area contributed by atoms with E-state index in [4.69, 9.17) is 0 Å². The summed E-state index contributed by atoms with van der Waals surface area (Å²) >= 11 is 1.30. The van der Waals surface area contributed by atoms with E-state index in [9.17, 15) is 9.18 Å². The Labute approximate surface area is 138 Å². The number of nitrogens with one attached hydrogen (secondary N) is 1. The van der Waals surface area contributed by atoms with Gasteiger partial charge in [-0.25, -0.2) is 9.07 Å². The molecule has 1 heterocycles. The van der Waals surface area contributed by atoms with Crippen LogP contribution in [0.1, 0.15) is 32.4 Å². The molecule has 2 rings (SSSR count). The van der Waals surface area contributed by atoms with E-state index in [0.717, 1.165) is 5.56 Å². The third kappa shape index (κ3) is 5.31. The van der Waals surface area contributed by atoms with Crippen molar-refractivity contribution in [3.63, 3.8) is 0 Å². The van der Waals surface area contributed by atoms with Gasteiger partial charge >= 0.3 is 0 Å². The number of aromatic nitrogens is 4. The summed E-state index contributed by atoms with van der Waals surface area (Å²) in [5.41, 5.74) is 0.856. The number of thioether (sulfide) groups is 1. The summed E-state index contributed by atoms with van der Waals surface area (Å²) in [7, 11) is 0. The normalized spacial score (nSPS) is 12.4. The molecule has 124 valence electrons. The van der Waals surface area contributed by atoms with Gasteiger partial charge in [0.15, 0.2) is 0 Å². The van der Waals surface area contributed by atoms with Gasteiger partial charge in [0.05, 0.1) is 11.8 Å². The Morgan fingerprint density at radius 1 is 1.30 bits per heavy atom. The van der Waals surface area contributed by atoms with Crippen LogP contribution in [0.15, 0.2) is 29.4 Å². The van der Waals surface area contributed by atoms with Crippen LogP contribution in [-0.4, -0.2) is 31.9 Å². The molecule has 0 fully saturated rings. The number of hydrogen-bond acceptors (Lipinski definition) is 5. The minimum Gasteiger partial charge on any atom is -0.349 e. The van der Waals surface area contributed by atoms with E-state index < -0.39 is 0 Å². The summed E-state index contributed by atoms with van der Waals surface area (Å²) in [6, 6.07) is 5.91. The largest absolute Gasteiger partial charge is 0.349 e. The number of carbonyl (C=O) groups is 1. The van der Waals surface area contributed by atoms with E-state index in [1.54, 1.807) is 16.8 Å². The predicted octanol–water partition coefficient (Wildman–Crippen LogP) is 2.44. The van der Waals surface area contributed by atoms with Crippen LogP contribution in [0.25, 0.3) is 0 Å². The number of rotatable bonds is 7. The number of nitrogens with zero attached hydrogens (tertiary/aromatic N) is 4. The van der Waals surface area contributed by atoms with Crippen molar-refractivity contribution in [2.75, 3.05) is 5.75 Å². The van der Waals surface area contributed by atoms with Crippen LogP contribution in [0.2, 0.25) is 0 Å². The second kappa shape index (κ2) is 8.05. The fourth-order valence-corrected chi connectivity index (χ4v) is 2.71. The quantitative estimate of drug-likeness (QED) is 0.786. The summed E-state index contributed by atoms with van der Waals surface area (Å²) < 4.78 is 14.6. The fourth-order valence-electron chi connectivity index (χ4n) is 2.01. The predicted molar refractivity (Wildman–Crippen MR) is 86.3 cm³/mol. The molecule has 23 heavy (non-hydrogen) atoms. The van der Waals surface area contributed by atoms with Crippen LogP contribution >= 0.6 is 11.8 Å². The minimum atomic E-state index is -0.292. The lowest BCUT2D eigenvalue weighted by Gasteiger charge is -2.14. The Kier molecular flexibility index (Phi) is 6.09. The molecular formula is C15H20FN5OS. The first-order chi connectivity index (χ1) is 11.0. The lowest BCUT2D eigenvalue weighted by molar-refractivity contribution is -0.119. The Bertz CT molecular complexity index is 644. The van der Waals surface area contributed by atoms with Crippen molar-refractivity contribution >= 4 is 17.7 Å². The van der Waals surface area contributed by atoms with Gasteiger partial charge in [0, 0.05) is 6.54 Å². The van der Waals surface area contributed by atoms with Gasteiger partial charge in [-0.3, -0.25) is 4.79 Å². The highest BCUT2D eigenvalue weighted by molar-refractivity contribution is 7.99. The van der Waals surface area contributed by atoms with Gasteiger partial charge in [-0.15, -0.1) is 5.10 Å². The van der Waals surface area contributed by atoms with Gasteiger partial charge in [-0.1, -0.05) is 37.7 Å². The summed E-state index contributed by atoms with van der Waals surface area (Å²) in [5.74, 6) is 0.236. The number of benzene rings is 1. The molecule has 0 aliphatic heterocycles. The zero-order valence-corrected chi connectivity index (χ0v) is 14.2. The maximum absolute atomic E-state index is 12.9. The molecule has 1 aromatic carbocycles. The number of halogens is 1. The van der Waals surface area contributed by atoms with Crippen molar-refractivity contribution in [2.45, 2.75) is 38.5 Å². The molecule has 8 heteroatoms. The molecule has 2 aromatic rings. The molecule has 1 amide bonds. The lowest BCUT2D eigenvalue weighted by atomic mass is 10.1. The summed E-state index contributed by atoms with van der Waals surface area (Å²) in [5, 5.41) is 15.0. The van der Waals surface area contributed by atoms with Crippen molar-refractivity contribution in [3.05, 3.63) is 35.6 Å². The van der Waals surface area contributed by atoms with Crippen LogP contribution < -0.4 is 5.32 Å². The second-order valence-electron chi connectivity index (χ2n) is 5.67. The van der Waals surface area contributed by atoms with Crippen LogP contribution in [0, 0.1) is 11.7 Å². The van der Waals surface area contributed by atoms with E-state index in [2.05, 4.69) is 34.7 Å². The first kappa shape index (κ1) is 17.4. The SMILES string of the molecule is CC(C)Cn1nnnc1SCC(=O)NC(C)c1ccc(F)cc1. The van der Waals surface area contributed by atoms with Crippen LogP contribution in [0.5, 0.6) is 0 Å². The van der Waals surface area contributed by atoms with Gasteiger partial charge in [-0.2, -0.15) is 0 Å². The molecule has 1 aromatic heterocycles. The van der Waals surface area contributed by atoms with Crippen molar-refractivity contribution in [3.8, 4) is 0 Å². The molecular weight excluding hydrogens is 317 g/mol. The Morgan fingerprint density at radius 2 is 2.00 bits per heavy atom. The van der Waals surface area contributed by atoms with E-state index in [0.29, 0.717) is 17.6 Å². The Hall–Kier alpha value is -1.96. The van der Waals surface area contributed by atoms with E-state index in [-0.39, 0.29) is 23.5 Å². The molecule has 0 saturated carbocycles. The second-order valence-corrected chi connectivity index (χ2v) is 6.61. The number of tetrazole rings is 1. The highest BCUT2D eigenvalue weighted by Crippen LogP contribution is 2.16. The number of carbonyl (C=O) groups excluding carboxylic acids is 1. The van der Waals surface area contributed by atoms with Crippen LogP contribution in [0.4, 0.5) is 4.39 Å². The maximum Gasteiger partial charge on any atom is 0.230 e. The third-order valence-corrected chi connectivity index (χ3v) is 4.07. The fraction of sp³-hybridized carbons (Fsp3) is 0.467. The van der Waals surface area contributed by atoms with Crippen molar-refractivity contribution in [1.82, 2.24) is 25.5 Å². The van der Waals surface area contributed by atoms with Gasteiger partial charge in [0.25, 0.3) is 0 Å². The average Bonchev–Trinajstić information content (AvgIpc) is 2.92. The Balaban J connectivity index is 1.85. The lowest BCUT2D eigenvalue weighted by Crippen LogP contribution is -2.28. The van der Waals surface area contributed by atoms with Gasteiger partial charge in [-0.05, 0) is 41.0 Å². The monoisotopic (exact) mass is 337 g/mol. The van der Waals surface area contributed by atoms with Crippen molar-refractivity contribution in [1.29, 1.82) is 0 Å². The molecule has 0 spiro atoms. The topological polar surface area (TPSA) is 72.7 Å². The van der Waals surface area contributed by atoms with Gasteiger partial charge in [0.1, 0.15) is 5.82 Å². The van der Waals surface area contributed by atoms with Crippen LogP contribution in [0.3, 0.4) is 0 Å². The first-order valence-corrected chi connectivity index (χ1v) is 8.38. The minimum absolute atomic E-state index is 0.120. The highest BCUT2D eigenvalue weighted by atomic mass is 32.2. The molecule has 1 N–H and O–H groups in total. The van der Waals surface area contributed by atoms with E-state index in [1.165, 1.54) is 23.9 Å². The number of amides is 1. The highest BCUT2D eigenvalue weighted by Gasteiger charge is 2.13. The average molecular weight is 337 g/mol. The van der Waals surface area contributed by atoms with Crippen LogP contribution in [-0.2, 0) is 11.3 Å². The summed E-state index contributed by atoms with van der Waals surface area (Å²) in [4.78, 5) is 12.0. The molecule has 0 aliphatic carbocycles. The molecule has 0 aliphatic rings. The maximum atomic E-state index is 12.9. The molecule has 6 nitrogen and oxygen atoms in total. The Morgan fingerprint density at radius 3 is 2.65 bits per heavy atom. The smallest absolute Gasteiger partial charge is 0.230 e. The van der Waals surface area contributed by atoms with Crippen molar-refractivity contribution in [2.24, 2.45) is 5.92 Å². The zero-order chi connectivity index (χ0) is 16.8. The first-order valence-electron chi connectivity index (χ1n) is 7.39. The molecule has 1 atom stereocenters. The molecule has 0 saturated heterocycles. The van der Waals surface area contributed by atoms with Crippen molar-refractivity contribution < 1.29 is 9.18 Å². The van der Waals surface area contributed by atoms with E-state index in [1.807, 2.05) is 6.92 Å². The summed E-state index contributed by atoms with van der Waals surface area (Å²) in [6.45, 7) is 6.72. The van der Waals surface area contributed by atoms with E-state index >= 15 is 0 Å². The van der Waals surface area contributed by atoms with Gasteiger partial charge in [0.2, 0.25) is 11.1 Å². The number of hydrogen-bond donors (Lipinski definition) is 1. The third-order valence-electron chi connectivity index (χ3n) is 3.12. The van der Waals surface area contributed by atoms with Gasteiger partial charge < -0.3 is 5.32 Å². The standard InChI is InChI=1S/C15H20FN5OS/c1-10(2)8-21-15(18-19-20-21)23-9-14(22)17-11(3)12-4-6-13(16)7-5-12/h4-7,10-11H,8-9H2,1-3H3,(H,17,22). The molecule has 0 bridgehead atoms.